The van der Waals surface area contributed by atoms with Crippen LogP contribution in [-0.2, 0) is 0 Å². The van der Waals surface area contributed by atoms with Crippen molar-refractivity contribution in [3.8, 4) is 11.6 Å². The lowest BCUT2D eigenvalue weighted by Crippen LogP contribution is -2.46. The van der Waals surface area contributed by atoms with Crippen LogP contribution in [0, 0.1) is 0 Å². The Balaban J connectivity index is 1.82. The number of ether oxygens (including phenoxy) is 1. The van der Waals surface area contributed by atoms with Gasteiger partial charge in [-0.05, 0) is 20.0 Å². The summed E-state index contributed by atoms with van der Waals surface area (Å²) in [6, 6.07) is 8.01. The Labute approximate surface area is 156 Å². The highest BCUT2D eigenvalue weighted by atomic mass is 32.1. The standard InChI is InChI=1S/C18H23N5O2S/c1-3-25-14-7-5-4-6-13(14)15(22-10-8-21(2)9-11-22)16-17(24)23-18(26-16)19-12-20-23/h4-7,12,15,24H,3,8-11H2,1-2H3. The lowest BCUT2D eigenvalue weighted by molar-refractivity contribution is 0.125. The molecule has 1 N–H and O–H groups in total. The van der Waals surface area contributed by atoms with Crippen molar-refractivity contribution in [2.75, 3.05) is 39.8 Å². The molecule has 1 saturated heterocycles. The third-order valence-electron chi connectivity index (χ3n) is 4.80. The van der Waals surface area contributed by atoms with E-state index in [1.807, 2.05) is 25.1 Å². The molecule has 26 heavy (non-hydrogen) atoms. The Morgan fingerprint density at radius 1 is 1.23 bits per heavy atom. The number of hydrogen-bond acceptors (Lipinski definition) is 7. The Kier molecular flexibility index (Phi) is 4.80. The van der Waals surface area contributed by atoms with Gasteiger partial charge in [-0.3, -0.25) is 4.90 Å². The van der Waals surface area contributed by atoms with Gasteiger partial charge < -0.3 is 14.7 Å². The Morgan fingerprint density at radius 2 is 2.00 bits per heavy atom. The van der Waals surface area contributed by atoms with Gasteiger partial charge in [-0.2, -0.15) is 9.61 Å². The van der Waals surface area contributed by atoms with Gasteiger partial charge in [-0.1, -0.05) is 29.5 Å². The normalized spacial score (nSPS) is 17.6. The second-order valence-corrected chi connectivity index (χ2v) is 7.47. The number of likely N-dealkylation sites (N-methyl/N-ethyl adjacent to an activating group) is 1. The van der Waals surface area contributed by atoms with E-state index in [0.717, 1.165) is 42.4 Å². The Hall–Kier alpha value is -2.16. The van der Waals surface area contributed by atoms with Gasteiger partial charge in [0.2, 0.25) is 10.8 Å². The third-order valence-corrected chi connectivity index (χ3v) is 5.89. The van der Waals surface area contributed by atoms with Gasteiger partial charge in [0.1, 0.15) is 12.1 Å². The Morgan fingerprint density at radius 3 is 2.73 bits per heavy atom. The predicted octanol–water partition coefficient (Wildman–Crippen LogP) is 2.23. The van der Waals surface area contributed by atoms with Gasteiger partial charge in [0.15, 0.2) is 0 Å². The number of aromatic nitrogens is 3. The summed E-state index contributed by atoms with van der Waals surface area (Å²) in [5.74, 6) is 1.02. The topological polar surface area (TPSA) is 66.1 Å². The second-order valence-electron chi connectivity index (χ2n) is 6.46. The zero-order valence-electron chi connectivity index (χ0n) is 15.0. The number of aromatic hydroxyl groups is 1. The minimum atomic E-state index is -0.0834. The molecule has 4 rings (SSSR count). The van der Waals surface area contributed by atoms with Crippen LogP contribution in [0.15, 0.2) is 30.6 Å². The lowest BCUT2D eigenvalue weighted by Gasteiger charge is -2.38. The summed E-state index contributed by atoms with van der Waals surface area (Å²) in [6.45, 7) is 6.43. The van der Waals surface area contributed by atoms with E-state index in [4.69, 9.17) is 4.74 Å². The number of para-hydroxylation sites is 1. The molecule has 1 fully saturated rings. The van der Waals surface area contributed by atoms with Crippen LogP contribution in [0.4, 0.5) is 0 Å². The third kappa shape index (κ3) is 3.04. The molecule has 1 aliphatic heterocycles. The summed E-state index contributed by atoms with van der Waals surface area (Å²) >= 11 is 1.48. The maximum absolute atomic E-state index is 10.8. The number of thiazole rings is 1. The van der Waals surface area contributed by atoms with E-state index in [1.165, 1.54) is 22.2 Å². The first-order valence-electron chi connectivity index (χ1n) is 8.84. The average molecular weight is 373 g/mol. The van der Waals surface area contributed by atoms with Crippen molar-refractivity contribution in [2.45, 2.75) is 13.0 Å². The first kappa shape index (κ1) is 17.3. The van der Waals surface area contributed by atoms with Crippen molar-refractivity contribution in [1.29, 1.82) is 0 Å². The number of nitrogens with zero attached hydrogens (tertiary/aromatic N) is 5. The second kappa shape index (κ2) is 7.22. The Bertz CT molecular complexity index is 885. The number of fused-ring (bicyclic) bond motifs is 1. The molecule has 1 aliphatic rings. The predicted molar refractivity (Wildman–Crippen MR) is 101 cm³/mol. The molecule has 0 bridgehead atoms. The zero-order chi connectivity index (χ0) is 18.1. The highest BCUT2D eigenvalue weighted by Gasteiger charge is 2.32. The fourth-order valence-electron chi connectivity index (χ4n) is 3.45. The molecule has 0 aliphatic carbocycles. The van der Waals surface area contributed by atoms with Crippen LogP contribution in [0.2, 0.25) is 0 Å². The van der Waals surface area contributed by atoms with Crippen molar-refractivity contribution >= 4 is 16.3 Å². The van der Waals surface area contributed by atoms with Crippen LogP contribution < -0.4 is 4.74 Å². The minimum Gasteiger partial charge on any atom is -0.494 e. The molecular weight excluding hydrogens is 350 g/mol. The molecule has 0 amide bonds. The van der Waals surface area contributed by atoms with Gasteiger partial charge in [-0.25, -0.2) is 4.98 Å². The lowest BCUT2D eigenvalue weighted by atomic mass is 10.0. The van der Waals surface area contributed by atoms with Crippen molar-refractivity contribution in [3.63, 3.8) is 0 Å². The van der Waals surface area contributed by atoms with Crippen molar-refractivity contribution in [1.82, 2.24) is 24.4 Å². The summed E-state index contributed by atoms with van der Waals surface area (Å²) < 4.78 is 7.40. The van der Waals surface area contributed by atoms with Gasteiger partial charge in [-0.15, -0.1) is 0 Å². The number of hydrogen-bond donors (Lipinski definition) is 1. The molecule has 138 valence electrons. The minimum absolute atomic E-state index is 0.0834. The molecular formula is C18H23N5O2S. The monoisotopic (exact) mass is 373 g/mol. The van der Waals surface area contributed by atoms with E-state index < -0.39 is 0 Å². The van der Waals surface area contributed by atoms with Crippen molar-refractivity contribution < 1.29 is 9.84 Å². The maximum atomic E-state index is 10.8. The molecule has 1 unspecified atom stereocenters. The molecule has 7 nitrogen and oxygen atoms in total. The first-order valence-corrected chi connectivity index (χ1v) is 9.66. The van der Waals surface area contributed by atoms with E-state index in [2.05, 4.69) is 33.0 Å². The highest BCUT2D eigenvalue weighted by Crippen LogP contribution is 2.42. The van der Waals surface area contributed by atoms with Gasteiger partial charge in [0.05, 0.1) is 17.5 Å². The summed E-state index contributed by atoms with van der Waals surface area (Å²) in [7, 11) is 2.14. The smallest absolute Gasteiger partial charge is 0.230 e. The fourth-order valence-corrected chi connectivity index (χ4v) is 4.53. The average Bonchev–Trinajstić information content (AvgIpc) is 3.22. The molecule has 0 radical (unpaired) electrons. The molecule has 3 heterocycles. The summed E-state index contributed by atoms with van der Waals surface area (Å²) in [5, 5.41) is 14.9. The van der Waals surface area contributed by atoms with Gasteiger partial charge in [0, 0.05) is 31.7 Å². The molecule has 1 atom stereocenters. The molecule has 0 saturated carbocycles. The van der Waals surface area contributed by atoms with Crippen LogP contribution in [-0.4, -0.2) is 69.3 Å². The van der Waals surface area contributed by atoms with Crippen molar-refractivity contribution in [3.05, 3.63) is 41.0 Å². The largest absolute Gasteiger partial charge is 0.494 e. The van der Waals surface area contributed by atoms with Crippen LogP contribution in [0.5, 0.6) is 11.6 Å². The molecule has 2 aromatic heterocycles. The van der Waals surface area contributed by atoms with Crippen molar-refractivity contribution in [2.24, 2.45) is 0 Å². The van der Waals surface area contributed by atoms with Gasteiger partial charge in [0.25, 0.3) is 0 Å². The summed E-state index contributed by atoms with van der Waals surface area (Å²) in [6.07, 6.45) is 1.47. The summed E-state index contributed by atoms with van der Waals surface area (Å²) in [5.41, 5.74) is 1.07. The number of piperazine rings is 1. The first-order chi connectivity index (χ1) is 12.7. The summed E-state index contributed by atoms with van der Waals surface area (Å²) in [4.78, 5) is 10.5. The highest BCUT2D eigenvalue weighted by molar-refractivity contribution is 7.17. The van der Waals surface area contributed by atoms with Crippen LogP contribution in [0.25, 0.3) is 4.96 Å². The zero-order valence-corrected chi connectivity index (χ0v) is 15.8. The van der Waals surface area contributed by atoms with E-state index in [0.29, 0.717) is 11.6 Å². The SMILES string of the molecule is CCOc1ccccc1C(c1sc2ncnn2c1O)N1CCN(C)CC1. The molecule has 0 spiro atoms. The van der Waals surface area contributed by atoms with E-state index in [1.54, 1.807) is 0 Å². The van der Waals surface area contributed by atoms with Crippen LogP contribution >= 0.6 is 11.3 Å². The number of rotatable bonds is 5. The molecule has 3 aromatic rings. The molecule has 8 heteroatoms. The number of benzene rings is 1. The van der Waals surface area contributed by atoms with Gasteiger partial charge >= 0.3 is 0 Å². The van der Waals surface area contributed by atoms with Crippen LogP contribution in [0.3, 0.4) is 0 Å². The maximum Gasteiger partial charge on any atom is 0.230 e. The van der Waals surface area contributed by atoms with E-state index in [9.17, 15) is 5.11 Å². The van der Waals surface area contributed by atoms with Crippen LogP contribution in [0.1, 0.15) is 23.4 Å². The van der Waals surface area contributed by atoms with E-state index in [-0.39, 0.29) is 11.9 Å². The van der Waals surface area contributed by atoms with E-state index >= 15 is 0 Å². The quantitative estimate of drug-likeness (QED) is 0.740. The molecule has 1 aromatic carbocycles. The fraction of sp³-hybridized carbons (Fsp3) is 0.444.